The van der Waals surface area contributed by atoms with E-state index in [1.54, 1.807) is 25.3 Å². The molecule has 0 aliphatic carbocycles. The van der Waals surface area contributed by atoms with Crippen LogP contribution in [0.5, 0.6) is 5.75 Å². The van der Waals surface area contributed by atoms with E-state index in [0.29, 0.717) is 32.5 Å². The number of carbonyl (C=O) groups excluding carboxylic acids is 2. The summed E-state index contributed by atoms with van der Waals surface area (Å²) >= 11 is 0. The van der Waals surface area contributed by atoms with Crippen LogP contribution >= 0.6 is 0 Å². The molecule has 8 nitrogen and oxygen atoms in total. The van der Waals surface area contributed by atoms with E-state index in [4.69, 9.17) is 9.47 Å². The van der Waals surface area contributed by atoms with E-state index in [-0.39, 0.29) is 11.9 Å². The molecule has 8 heteroatoms. The van der Waals surface area contributed by atoms with Gasteiger partial charge in [0.15, 0.2) is 0 Å². The van der Waals surface area contributed by atoms with Gasteiger partial charge < -0.3 is 14.4 Å². The van der Waals surface area contributed by atoms with Gasteiger partial charge >= 0.3 is 6.03 Å². The third kappa shape index (κ3) is 5.77. The van der Waals surface area contributed by atoms with Gasteiger partial charge in [-0.3, -0.25) is 19.6 Å². The zero-order valence-electron chi connectivity index (χ0n) is 21.3. The maximum Gasteiger partial charge on any atom is 0.327 e. The van der Waals surface area contributed by atoms with Crippen LogP contribution in [-0.4, -0.2) is 90.7 Å². The molecule has 2 saturated heterocycles. The topological polar surface area (TPSA) is 75.2 Å². The SMILES string of the molecule is COCCN1C(=O)N(CCCc2cccnc2)C(=O)C12CCN(C/C=C/c1ccc(OC)cc1)CC2. The van der Waals surface area contributed by atoms with Gasteiger partial charge in [-0.25, -0.2) is 4.79 Å². The van der Waals surface area contributed by atoms with Crippen molar-refractivity contribution < 1.29 is 19.1 Å². The second kappa shape index (κ2) is 12.1. The number of methoxy groups -OCH3 is 2. The van der Waals surface area contributed by atoms with Crippen molar-refractivity contribution in [2.75, 3.05) is 53.6 Å². The lowest BCUT2D eigenvalue weighted by molar-refractivity contribution is -0.135. The molecule has 192 valence electrons. The minimum atomic E-state index is -0.764. The fourth-order valence-electron chi connectivity index (χ4n) is 5.10. The first-order chi connectivity index (χ1) is 17.6. The number of piperidine rings is 1. The van der Waals surface area contributed by atoms with Crippen molar-refractivity contribution in [1.82, 2.24) is 19.7 Å². The molecular formula is C28H36N4O4. The molecule has 0 atom stereocenters. The molecule has 0 saturated carbocycles. The van der Waals surface area contributed by atoms with E-state index in [1.165, 1.54) is 4.90 Å². The van der Waals surface area contributed by atoms with Crippen LogP contribution in [0.1, 0.15) is 30.4 Å². The fraction of sp³-hybridized carbons (Fsp3) is 0.464. The Hall–Kier alpha value is -3.23. The molecule has 2 fully saturated rings. The monoisotopic (exact) mass is 492 g/mol. The Morgan fingerprint density at radius 1 is 1.06 bits per heavy atom. The van der Waals surface area contributed by atoms with Crippen LogP contribution in [0.2, 0.25) is 0 Å². The highest BCUT2D eigenvalue weighted by Gasteiger charge is 2.57. The number of urea groups is 1. The third-order valence-electron chi connectivity index (χ3n) is 7.18. The van der Waals surface area contributed by atoms with Gasteiger partial charge in [0.1, 0.15) is 11.3 Å². The zero-order chi connectivity index (χ0) is 25.4. The van der Waals surface area contributed by atoms with Crippen LogP contribution < -0.4 is 4.74 Å². The molecule has 2 aliphatic rings. The molecule has 1 aromatic heterocycles. The van der Waals surface area contributed by atoms with E-state index in [0.717, 1.165) is 49.4 Å². The molecule has 2 aliphatic heterocycles. The number of amides is 3. The molecule has 0 radical (unpaired) electrons. The van der Waals surface area contributed by atoms with Gasteiger partial charge in [-0.1, -0.05) is 30.4 Å². The summed E-state index contributed by atoms with van der Waals surface area (Å²) in [6, 6.07) is 11.7. The third-order valence-corrected chi connectivity index (χ3v) is 7.18. The van der Waals surface area contributed by atoms with Crippen LogP contribution in [0.4, 0.5) is 4.79 Å². The Labute approximate surface area is 213 Å². The summed E-state index contributed by atoms with van der Waals surface area (Å²) in [5.41, 5.74) is 1.46. The lowest BCUT2D eigenvalue weighted by Crippen LogP contribution is -2.57. The van der Waals surface area contributed by atoms with E-state index in [2.05, 4.69) is 22.0 Å². The molecule has 3 heterocycles. The van der Waals surface area contributed by atoms with Crippen molar-refractivity contribution in [3.05, 3.63) is 66.0 Å². The predicted octanol–water partition coefficient (Wildman–Crippen LogP) is 3.48. The standard InChI is InChI=1S/C28H36N4O4/c1-35-21-20-32-27(34)31(17-5-8-24-6-3-15-29-22-24)26(33)28(32)13-18-30(19-14-28)16-4-7-23-9-11-25(36-2)12-10-23/h3-4,6-7,9-12,15,22H,5,8,13-14,16-21H2,1-2H3/b7-4+. The molecule has 1 spiro atoms. The van der Waals surface area contributed by atoms with Crippen molar-refractivity contribution in [2.24, 2.45) is 0 Å². The number of benzene rings is 1. The molecule has 2 aromatic rings. The number of aryl methyl sites for hydroxylation is 1. The van der Waals surface area contributed by atoms with Crippen LogP contribution in [0.3, 0.4) is 0 Å². The molecule has 1 aromatic carbocycles. The number of nitrogens with zero attached hydrogens (tertiary/aromatic N) is 4. The minimum Gasteiger partial charge on any atom is -0.497 e. The van der Waals surface area contributed by atoms with E-state index in [1.807, 2.05) is 42.6 Å². The summed E-state index contributed by atoms with van der Waals surface area (Å²) in [5, 5.41) is 0. The van der Waals surface area contributed by atoms with Crippen LogP contribution in [0.25, 0.3) is 6.08 Å². The first-order valence-corrected chi connectivity index (χ1v) is 12.6. The summed E-state index contributed by atoms with van der Waals surface area (Å²) in [4.78, 5) is 36.7. The first kappa shape index (κ1) is 25.9. The molecule has 0 bridgehead atoms. The number of likely N-dealkylation sites (tertiary alicyclic amines) is 1. The number of ether oxygens (including phenoxy) is 2. The van der Waals surface area contributed by atoms with Crippen molar-refractivity contribution in [1.29, 1.82) is 0 Å². The maximum absolute atomic E-state index is 13.6. The van der Waals surface area contributed by atoms with Gasteiger partial charge in [0, 0.05) is 52.2 Å². The Balaban J connectivity index is 1.36. The summed E-state index contributed by atoms with van der Waals surface area (Å²) in [6.07, 6.45) is 10.6. The van der Waals surface area contributed by atoms with E-state index < -0.39 is 5.54 Å². The van der Waals surface area contributed by atoms with Gasteiger partial charge in [0.2, 0.25) is 0 Å². The Morgan fingerprint density at radius 3 is 2.50 bits per heavy atom. The highest BCUT2D eigenvalue weighted by Crippen LogP contribution is 2.37. The lowest BCUT2D eigenvalue weighted by atomic mass is 9.85. The quantitative estimate of drug-likeness (QED) is 0.447. The molecule has 4 rings (SSSR count). The fourth-order valence-corrected chi connectivity index (χ4v) is 5.10. The predicted molar refractivity (Wildman–Crippen MR) is 139 cm³/mol. The minimum absolute atomic E-state index is 0.0526. The number of hydrogen-bond acceptors (Lipinski definition) is 6. The van der Waals surface area contributed by atoms with Gasteiger partial charge in [0.25, 0.3) is 5.91 Å². The van der Waals surface area contributed by atoms with Gasteiger partial charge in [-0.05, 0) is 55.0 Å². The van der Waals surface area contributed by atoms with E-state index in [9.17, 15) is 9.59 Å². The first-order valence-electron chi connectivity index (χ1n) is 12.6. The summed E-state index contributed by atoms with van der Waals surface area (Å²) in [7, 11) is 3.28. The molecular weight excluding hydrogens is 456 g/mol. The second-order valence-electron chi connectivity index (χ2n) is 9.36. The Kier molecular flexibility index (Phi) is 8.72. The van der Waals surface area contributed by atoms with Crippen molar-refractivity contribution in [3.8, 4) is 5.75 Å². The highest BCUT2D eigenvalue weighted by atomic mass is 16.5. The molecule has 0 unspecified atom stereocenters. The molecule has 36 heavy (non-hydrogen) atoms. The van der Waals surface area contributed by atoms with Crippen molar-refractivity contribution in [2.45, 2.75) is 31.2 Å². The molecule has 0 N–H and O–H groups in total. The summed E-state index contributed by atoms with van der Waals surface area (Å²) in [6.45, 7) is 3.59. The lowest BCUT2D eigenvalue weighted by Gasteiger charge is -2.42. The Morgan fingerprint density at radius 2 is 1.83 bits per heavy atom. The average Bonchev–Trinajstić information content (AvgIpc) is 3.10. The second-order valence-corrected chi connectivity index (χ2v) is 9.36. The largest absolute Gasteiger partial charge is 0.497 e. The number of carbonyl (C=O) groups is 2. The summed E-state index contributed by atoms with van der Waals surface area (Å²) < 4.78 is 10.5. The number of rotatable bonds is 11. The maximum atomic E-state index is 13.6. The number of aromatic nitrogens is 1. The van der Waals surface area contributed by atoms with Gasteiger partial charge in [-0.15, -0.1) is 0 Å². The average molecular weight is 493 g/mol. The zero-order valence-corrected chi connectivity index (χ0v) is 21.3. The van der Waals surface area contributed by atoms with Crippen molar-refractivity contribution in [3.63, 3.8) is 0 Å². The van der Waals surface area contributed by atoms with Gasteiger partial charge in [-0.2, -0.15) is 0 Å². The van der Waals surface area contributed by atoms with Crippen LogP contribution in [-0.2, 0) is 16.0 Å². The van der Waals surface area contributed by atoms with Crippen molar-refractivity contribution >= 4 is 18.0 Å². The van der Waals surface area contributed by atoms with Crippen LogP contribution in [0.15, 0.2) is 54.9 Å². The number of hydrogen-bond donors (Lipinski definition) is 0. The number of imide groups is 1. The highest BCUT2D eigenvalue weighted by molar-refractivity contribution is 6.07. The Bertz CT molecular complexity index is 1030. The van der Waals surface area contributed by atoms with Gasteiger partial charge in [0.05, 0.1) is 13.7 Å². The molecule has 3 amide bonds. The summed E-state index contributed by atoms with van der Waals surface area (Å²) in [5.74, 6) is 0.789. The van der Waals surface area contributed by atoms with Crippen LogP contribution in [0, 0.1) is 0 Å². The normalized spacial score (nSPS) is 18.1. The smallest absolute Gasteiger partial charge is 0.327 e. The number of pyridine rings is 1. The van der Waals surface area contributed by atoms with E-state index >= 15 is 0 Å².